The van der Waals surface area contributed by atoms with Gasteiger partial charge in [0.1, 0.15) is 0 Å². The molecule has 2 N–H and O–H groups in total. The van der Waals surface area contributed by atoms with E-state index in [1.165, 1.54) is 6.08 Å². The number of hydrogen-bond acceptors (Lipinski definition) is 5. The van der Waals surface area contributed by atoms with Gasteiger partial charge in [-0.15, -0.1) is 0 Å². The SMILES string of the molecule is O=S(=O)(/C=C/c1ccccc1)NCCS(=O)(=O)Nc1ccn2nccc2c1. The van der Waals surface area contributed by atoms with Gasteiger partial charge in [-0.3, -0.25) is 4.72 Å². The summed E-state index contributed by atoms with van der Waals surface area (Å²) >= 11 is 0. The smallest absolute Gasteiger partial charge is 0.234 e. The molecular weight excluding hydrogens is 388 g/mol. The van der Waals surface area contributed by atoms with E-state index < -0.39 is 25.8 Å². The number of anilines is 1. The average molecular weight is 406 g/mol. The molecule has 2 heterocycles. The molecule has 0 radical (unpaired) electrons. The van der Waals surface area contributed by atoms with Crippen molar-refractivity contribution in [2.45, 2.75) is 0 Å². The summed E-state index contributed by atoms with van der Waals surface area (Å²) in [6.07, 6.45) is 4.67. The Hall–Kier alpha value is -2.69. The van der Waals surface area contributed by atoms with Crippen molar-refractivity contribution < 1.29 is 16.8 Å². The Morgan fingerprint density at radius 3 is 2.59 bits per heavy atom. The summed E-state index contributed by atoms with van der Waals surface area (Å²) in [4.78, 5) is 0. The summed E-state index contributed by atoms with van der Waals surface area (Å²) in [5, 5.41) is 5.04. The Morgan fingerprint density at radius 1 is 1.04 bits per heavy atom. The lowest BCUT2D eigenvalue weighted by molar-refractivity contribution is 0.589. The molecule has 0 amide bonds. The predicted molar refractivity (Wildman–Crippen MR) is 105 cm³/mol. The van der Waals surface area contributed by atoms with Crippen LogP contribution >= 0.6 is 0 Å². The second-order valence-electron chi connectivity index (χ2n) is 5.69. The predicted octanol–water partition coefficient (Wildman–Crippen LogP) is 1.67. The fourth-order valence-electron chi connectivity index (χ4n) is 2.31. The molecule has 0 atom stereocenters. The van der Waals surface area contributed by atoms with Gasteiger partial charge in [-0.25, -0.2) is 26.1 Å². The lowest BCUT2D eigenvalue weighted by atomic mass is 10.2. The van der Waals surface area contributed by atoms with Crippen LogP contribution in [-0.4, -0.2) is 38.7 Å². The third kappa shape index (κ3) is 5.64. The van der Waals surface area contributed by atoms with Crippen molar-refractivity contribution in [3.05, 3.63) is 71.9 Å². The summed E-state index contributed by atoms with van der Waals surface area (Å²) in [5.41, 5.74) is 1.85. The molecule has 142 valence electrons. The highest BCUT2D eigenvalue weighted by atomic mass is 32.2. The van der Waals surface area contributed by atoms with Crippen molar-refractivity contribution >= 4 is 37.3 Å². The molecule has 0 aliphatic heterocycles. The van der Waals surface area contributed by atoms with Gasteiger partial charge < -0.3 is 0 Å². The first-order chi connectivity index (χ1) is 12.8. The summed E-state index contributed by atoms with van der Waals surface area (Å²) in [6, 6.07) is 13.9. The summed E-state index contributed by atoms with van der Waals surface area (Å²) in [5.74, 6) is -0.393. The van der Waals surface area contributed by atoms with Gasteiger partial charge in [0, 0.05) is 24.3 Å². The minimum atomic E-state index is -3.73. The van der Waals surface area contributed by atoms with Crippen molar-refractivity contribution in [1.82, 2.24) is 14.3 Å². The highest BCUT2D eigenvalue weighted by Crippen LogP contribution is 2.13. The van der Waals surface area contributed by atoms with Crippen LogP contribution in [0.4, 0.5) is 5.69 Å². The van der Waals surface area contributed by atoms with Crippen LogP contribution in [0, 0.1) is 0 Å². The Kier molecular flexibility index (Phi) is 5.59. The van der Waals surface area contributed by atoms with Crippen LogP contribution in [0.3, 0.4) is 0 Å². The third-order valence-electron chi connectivity index (χ3n) is 3.59. The van der Waals surface area contributed by atoms with Gasteiger partial charge in [0.05, 0.1) is 17.0 Å². The molecule has 2 aromatic heterocycles. The van der Waals surface area contributed by atoms with Gasteiger partial charge in [-0.05, 0) is 29.8 Å². The molecule has 8 nitrogen and oxygen atoms in total. The molecule has 0 fully saturated rings. The van der Waals surface area contributed by atoms with Crippen molar-refractivity contribution in [3.63, 3.8) is 0 Å². The van der Waals surface area contributed by atoms with Crippen molar-refractivity contribution in [3.8, 4) is 0 Å². The fraction of sp³-hybridized carbons (Fsp3) is 0.118. The molecule has 3 aromatic rings. The number of nitrogens with one attached hydrogen (secondary N) is 2. The van der Waals surface area contributed by atoms with Gasteiger partial charge in [0.25, 0.3) is 0 Å². The van der Waals surface area contributed by atoms with Crippen molar-refractivity contribution in [2.75, 3.05) is 17.0 Å². The first kappa shape index (κ1) is 19.1. The first-order valence-electron chi connectivity index (χ1n) is 8.00. The van der Waals surface area contributed by atoms with E-state index >= 15 is 0 Å². The summed E-state index contributed by atoms with van der Waals surface area (Å²) in [6.45, 7) is -0.244. The van der Waals surface area contributed by atoms with Crippen LogP contribution in [0.15, 0.2) is 66.3 Å². The molecule has 0 spiro atoms. The van der Waals surface area contributed by atoms with E-state index in [2.05, 4.69) is 14.5 Å². The summed E-state index contributed by atoms with van der Waals surface area (Å²) in [7, 11) is -7.44. The molecule has 10 heteroatoms. The Bertz CT molecular complexity index is 1150. The van der Waals surface area contributed by atoms with Crippen LogP contribution in [0.25, 0.3) is 11.6 Å². The quantitative estimate of drug-likeness (QED) is 0.591. The standard InChI is InChI=1S/C17H18N4O4S2/c22-26(23,12-8-15-4-2-1-3-5-15)19-10-13-27(24,25)20-16-7-11-21-17(14-16)6-9-18-21/h1-9,11-12,14,19-20H,10,13H2/b12-8+. The second-order valence-corrected chi connectivity index (χ2v) is 9.18. The van der Waals surface area contributed by atoms with Gasteiger partial charge in [-0.1, -0.05) is 30.3 Å². The number of nitrogens with zero attached hydrogens (tertiary/aromatic N) is 2. The van der Waals surface area contributed by atoms with E-state index in [0.29, 0.717) is 5.69 Å². The molecule has 0 aliphatic carbocycles. The molecule has 0 saturated carbocycles. The van der Waals surface area contributed by atoms with Gasteiger partial charge in [0.15, 0.2) is 0 Å². The molecule has 1 aromatic carbocycles. The number of aromatic nitrogens is 2. The van der Waals surface area contributed by atoms with Crippen molar-refractivity contribution in [1.29, 1.82) is 0 Å². The lowest BCUT2D eigenvalue weighted by Crippen LogP contribution is -2.30. The highest BCUT2D eigenvalue weighted by molar-refractivity contribution is 7.93. The van der Waals surface area contributed by atoms with E-state index in [0.717, 1.165) is 16.5 Å². The molecule has 3 rings (SSSR count). The number of fused-ring (bicyclic) bond motifs is 1. The minimum absolute atomic E-state index is 0.244. The minimum Gasteiger partial charge on any atom is -0.283 e. The first-order valence-corrected chi connectivity index (χ1v) is 11.2. The highest BCUT2D eigenvalue weighted by Gasteiger charge is 2.13. The van der Waals surface area contributed by atoms with E-state index in [9.17, 15) is 16.8 Å². The van der Waals surface area contributed by atoms with E-state index in [4.69, 9.17) is 0 Å². The zero-order valence-corrected chi connectivity index (χ0v) is 15.8. The zero-order chi connectivity index (χ0) is 19.3. The molecule has 0 saturated heterocycles. The zero-order valence-electron chi connectivity index (χ0n) is 14.2. The molecule has 0 aliphatic rings. The fourth-order valence-corrected chi connectivity index (χ4v) is 4.22. The Labute approximate surface area is 157 Å². The summed E-state index contributed by atoms with van der Waals surface area (Å²) < 4.78 is 54.5. The molecule has 0 unspecified atom stereocenters. The topological polar surface area (TPSA) is 110 Å². The Balaban J connectivity index is 1.55. The largest absolute Gasteiger partial charge is 0.283 e. The van der Waals surface area contributed by atoms with Crippen LogP contribution in [0.1, 0.15) is 5.56 Å². The maximum absolute atomic E-state index is 12.2. The Morgan fingerprint density at radius 2 is 1.81 bits per heavy atom. The second kappa shape index (κ2) is 7.91. The van der Waals surface area contributed by atoms with Crippen LogP contribution < -0.4 is 9.44 Å². The van der Waals surface area contributed by atoms with E-state index in [-0.39, 0.29) is 6.54 Å². The molecule has 27 heavy (non-hydrogen) atoms. The van der Waals surface area contributed by atoms with E-state index in [1.807, 2.05) is 6.07 Å². The van der Waals surface area contributed by atoms with Crippen molar-refractivity contribution in [2.24, 2.45) is 0 Å². The van der Waals surface area contributed by atoms with Crippen LogP contribution in [0.2, 0.25) is 0 Å². The van der Waals surface area contributed by atoms with Gasteiger partial charge in [-0.2, -0.15) is 5.10 Å². The normalized spacial score (nSPS) is 12.6. The van der Waals surface area contributed by atoms with Crippen LogP contribution in [-0.2, 0) is 20.0 Å². The lowest BCUT2D eigenvalue weighted by Gasteiger charge is -2.08. The maximum atomic E-state index is 12.2. The van der Waals surface area contributed by atoms with Crippen LogP contribution in [0.5, 0.6) is 0 Å². The number of hydrogen-bond donors (Lipinski definition) is 2. The number of pyridine rings is 1. The number of sulfonamides is 2. The molecule has 0 bridgehead atoms. The van der Waals surface area contributed by atoms with Gasteiger partial charge >= 0.3 is 0 Å². The number of benzene rings is 1. The monoisotopic (exact) mass is 406 g/mol. The molecular formula is C17H18N4O4S2. The third-order valence-corrected chi connectivity index (χ3v) is 5.98. The number of rotatable bonds is 8. The maximum Gasteiger partial charge on any atom is 0.234 e. The average Bonchev–Trinajstić information content (AvgIpc) is 3.08. The van der Waals surface area contributed by atoms with E-state index in [1.54, 1.807) is 59.4 Å². The van der Waals surface area contributed by atoms with Gasteiger partial charge in [0.2, 0.25) is 20.0 Å².